The maximum Gasteiger partial charge on any atom is 0.0896 e. The molecule has 0 bridgehead atoms. The molecule has 2 nitrogen and oxygen atoms in total. The minimum atomic E-state index is -0.604. The summed E-state index contributed by atoms with van der Waals surface area (Å²) in [4.78, 5) is 0. The first kappa shape index (κ1) is 18.1. The molecule has 2 N–H and O–H groups in total. The normalized spacial score (nSPS) is 10.8. The molecule has 0 aromatic heterocycles. The van der Waals surface area contributed by atoms with Gasteiger partial charge in [0.05, 0.1) is 5.60 Å². The quantitative estimate of drug-likeness (QED) is 0.774. The van der Waals surface area contributed by atoms with Gasteiger partial charge in [0.25, 0.3) is 0 Å². The average Bonchev–Trinajstić information content (AvgIpc) is 2.45. The van der Waals surface area contributed by atoms with Gasteiger partial charge in [-0.05, 0) is 25.3 Å². The fourth-order valence-electron chi connectivity index (χ4n) is 2.10. The van der Waals surface area contributed by atoms with E-state index in [-0.39, 0.29) is 6.61 Å². The van der Waals surface area contributed by atoms with E-state index in [2.05, 4.69) is 13.8 Å². The third-order valence-corrected chi connectivity index (χ3v) is 3.20. The lowest BCUT2D eigenvalue weighted by Crippen LogP contribution is -2.25. The average molecular weight is 266 g/mol. The third kappa shape index (κ3) is 7.34. The van der Waals surface area contributed by atoms with E-state index >= 15 is 0 Å². The maximum absolute atomic E-state index is 10.7. The van der Waals surface area contributed by atoms with E-state index < -0.39 is 5.60 Å². The number of rotatable bonds is 7. The van der Waals surface area contributed by atoms with Crippen molar-refractivity contribution >= 4 is 0 Å². The lowest BCUT2D eigenvalue weighted by molar-refractivity contribution is 0.0141. The van der Waals surface area contributed by atoms with E-state index in [4.69, 9.17) is 5.11 Å². The Morgan fingerprint density at radius 3 is 1.68 bits per heavy atom. The van der Waals surface area contributed by atoms with Crippen molar-refractivity contribution in [3.63, 3.8) is 0 Å². The first-order chi connectivity index (χ1) is 9.14. The first-order valence-corrected chi connectivity index (χ1v) is 7.53. The second-order valence-electron chi connectivity index (χ2n) is 4.92. The van der Waals surface area contributed by atoms with E-state index in [9.17, 15) is 5.11 Å². The molecule has 0 spiro atoms. The van der Waals surface area contributed by atoms with Crippen LogP contribution in [0.1, 0.15) is 64.9 Å². The summed E-state index contributed by atoms with van der Waals surface area (Å²) in [6, 6.07) is 10.1. The lowest BCUT2D eigenvalue weighted by atomic mass is 9.84. The summed E-state index contributed by atoms with van der Waals surface area (Å²) in [7, 11) is 0. The van der Waals surface area contributed by atoms with Gasteiger partial charge in [-0.3, -0.25) is 0 Å². The topological polar surface area (TPSA) is 40.5 Å². The van der Waals surface area contributed by atoms with Crippen LogP contribution in [0.25, 0.3) is 0 Å². The molecule has 19 heavy (non-hydrogen) atoms. The lowest BCUT2D eigenvalue weighted by Gasteiger charge is -2.28. The summed E-state index contributed by atoms with van der Waals surface area (Å²) in [5.74, 6) is 0. The van der Waals surface area contributed by atoms with Gasteiger partial charge in [0.15, 0.2) is 0 Å². The number of aliphatic hydroxyl groups excluding tert-OH is 1. The molecule has 1 aromatic carbocycles. The zero-order valence-corrected chi connectivity index (χ0v) is 12.7. The molecule has 0 saturated carbocycles. The molecule has 1 rings (SSSR count). The predicted molar refractivity (Wildman–Crippen MR) is 82.1 cm³/mol. The van der Waals surface area contributed by atoms with E-state index in [0.29, 0.717) is 0 Å². The van der Waals surface area contributed by atoms with Crippen molar-refractivity contribution < 1.29 is 10.2 Å². The molecule has 0 amide bonds. The van der Waals surface area contributed by atoms with Crippen molar-refractivity contribution in [2.75, 3.05) is 6.61 Å². The van der Waals surface area contributed by atoms with Crippen LogP contribution in [0.5, 0.6) is 0 Å². The van der Waals surface area contributed by atoms with Crippen molar-refractivity contribution in [2.45, 2.75) is 64.9 Å². The molecule has 0 aliphatic carbocycles. The van der Waals surface area contributed by atoms with Crippen LogP contribution in [-0.2, 0) is 5.60 Å². The van der Waals surface area contributed by atoms with Gasteiger partial charge < -0.3 is 10.2 Å². The van der Waals surface area contributed by atoms with Crippen LogP contribution in [0.3, 0.4) is 0 Å². The third-order valence-electron chi connectivity index (χ3n) is 3.20. The first-order valence-electron chi connectivity index (χ1n) is 7.53. The molecule has 0 fully saturated rings. The minimum Gasteiger partial charge on any atom is -0.397 e. The monoisotopic (exact) mass is 266 g/mol. The summed E-state index contributed by atoms with van der Waals surface area (Å²) in [5, 5.41) is 18.3. The summed E-state index contributed by atoms with van der Waals surface area (Å²) < 4.78 is 0. The van der Waals surface area contributed by atoms with Gasteiger partial charge in [-0.25, -0.2) is 0 Å². The van der Waals surface area contributed by atoms with E-state index in [1.807, 2.05) is 30.3 Å². The summed E-state index contributed by atoms with van der Waals surface area (Å²) in [6.07, 6.45) is 6.23. The molecule has 2 heteroatoms. The van der Waals surface area contributed by atoms with Crippen molar-refractivity contribution in [3.05, 3.63) is 35.9 Å². The Balaban J connectivity index is 0.000000982. The fourth-order valence-corrected chi connectivity index (χ4v) is 2.10. The number of aliphatic hydroxyl groups is 2. The van der Waals surface area contributed by atoms with Crippen molar-refractivity contribution in [1.82, 2.24) is 0 Å². The highest BCUT2D eigenvalue weighted by atomic mass is 16.3. The van der Waals surface area contributed by atoms with Crippen molar-refractivity contribution in [1.29, 1.82) is 0 Å². The standard InChI is InChI=1S/C15H24O.C2H6O/c1-3-5-12-15(16,13-6-4-2)14-10-8-7-9-11-14;1-2-3/h7-11,16H,3-6,12-13H2,1-2H3;3H,2H2,1H3. The van der Waals surface area contributed by atoms with Crippen LogP contribution >= 0.6 is 0 Å². The van der Waals surface area contributed by atoms with E-state index in [1.165, 1.54) is 0 Å². The molecular weight excluding hydrogens is 236 g/mol. The smallest absolute Gasteiger partial charge is 0.0896 e. The summed E-state index contributed by atoms with van der Waals surface area (Å²) in [5.41, 5.74) is 0.477. The number of unbranched alkanes of at least 4 members (excludes halogenated alkanes) is 2. The minimum absolute atomic E-state index is 0.250. The Morgan fingerprint density at radius 1 is 0.895 bits per heavy atom. The van der Waals surface area contributed by atoms with Crippen molar-refractivity contribution in [2.24, 2.45) is 0 Å². The molecule has 0 aliphatic heterocycles. The molecule has 110 valence electrons. The van der Waals surface area contributed by atoms with Crippen LogP contribution < -0.4 is 0 Å². The van der Waals surface area contributed by atoms with Crippen LogP contribution in [0.15, 0.2) is 30.3 Å². The molecule has 0 atom stereocenters. The Bertz CT molecular complexity index is 287. The van der Waals surface area contributed by atoms with E-state index in [1.54, 1.807) is 6.92 Å². The van der Waals surface area contributed by atoms with Crippen molar-refractivity contribution in [3.8, 4) is 0 Å². The Morgan fingerprint density at radius 2 is 1.32 bits per heavy atom. The predicted octanol–water partition coefficient (Wildman–Crippen LogP) is 4.25. The fraction of sp³-hybridized carbons (Fsp3) is 0.647. The summed E-state index contributed by atoms with van der Waals surface area (Å²) in [6.45, 7) is 6.27. The Labute approximate surface area is 118 Å². The van der Waals surface area contributed by atoms with Gasteiger partial charge in [-0.1, -0.05) is 69.9 Å². The van der Waals surface area contributed by atoms with Crippen LogP contribution in [0.4, 0.5) is 0 Å². The van der Waals surface area contributed by atoms with Crippen LogP contribution in [0, 0.1) is 0 Å². The van der Waals surface area contributed by atoms with Gasteiger partial charge >= 0.3 is 0 Å². The molecule has 0 unspecified atom stereocenters. The zero-order valence-electron chi connectivity index (χ0n) is 12.7. The highest BCUT2D eigenvalue weighted by Gasteiger charge is 2.27. The maximum atomic E-state index is 10.7. The Hall–Kier alpha value is -0.860. The number of hydrogen-bond donors (Lipinski definition) is 2. The van der Waals surface area contributed by atoms with Gasteiger partial charge in [-0.15, -0.1) is 0 Å². The number of hydrogen-bond acceptors (Lipinski definition) is 2. The molecule has 0 saturated heterocycles. The van der Waals surface area contributed by atoms with Crippen LogP contribution in [-0.4, -0.2) is 16.8 Å². The molecular formula is C17H30O2. The summed E-state index contributed by atoms with van der Waals surface area (Å²) >= 11 is 0. The molecule has 0 heterocycles. The highest BCUT2D eigenvalue weighted by molar-refractivity contribution is 5.22. The van der Waals surface area contributed by atoms with Gasteiger partial charge in [0, 0.05) is 6.61 Å². The van der Waals surface area contributed by atoms with Gasteiger partial charge in [-0.2, -0.15) is 0 Å². The van der Waals surface area contributed by atoms with Crippen LogP contribution in [0.2, 0.25) is 0 Å². The number of benzene rings is 1. The molecule has 0 radical (unpaired) electrons. The van der Waals surface area contributed by atoms with E-state index in [0.717, 1.165) is 44.1 Å². The second-order valence-corrected chi connectivity index (χ2v) is 4.92. The largest absolute Gasteiger partial charge is 0.397 e. The van der Waals surface area contributed by atoms with Gasteiger partial charge in [0.2, 0.25) is 0 Å². The van der Waals surface area contributed by atoms with Gasteiger partial charge in [0.1, 0.15) is 0 Å². The highest BCUT2D eigenvalue weighted by Crippen LogP contribution is 2.32. The zero-order chi connectivity index (χ0) is 14.6. The molecule has 1 aromatic rings. The molecule has 0 aliphatic rings. The SMILES string of the molecule is CCCCC(O)(CCCC)c1ccccc1.CCO. The Kier molecular flexibility index (Phi) is 10.5. The second kappa shape index (κ2) is 11.0.